The van der Waals surface area contributed by atoms with Crippen LogP contribution in [-0.2, 0) is 38.5 Å². The Morgan fingerprint density at radius 1 is 0.850 bits per heavy atom. The van der Waals surface area contributed by atoms with E-state index < -0.39 is 90.7 Å². The van der Waals surface area contributed by atoms with Crippen molar-refractivity contribution in [3.05, 3.63) is 12.7 Å². The molecule has 0 bridgehead atoms. The molecule has 0 aromatic rings. The SMILES string of the molecule is C=CCNC(=O)C(=O)C(CC1CC1)NC(=O)[C@@H]1[C@@H](C(C)C)CCN1C(=O)[C@@H](NC(=O)[C@@H](NC(=O)OC1(CS(=O)(=O)C(C)(C)C)CCCCC1)C1(C)CCCCC1)C(C)(C)C. The van der Waals surface area contributed by atoms with Gasteiger partial charge in [-0.15, -0.1) is 6.58 Å². The first-order valence-corrected chi connectivity index (χ1v) is 24.1. The van der Waals surface area contributed by atoms with Gasteiger partial charge in [-0.05, 0) is 101 Å². The molecule has 0 aromatic carbocycles. The smallest absolute Gasteiger partial charge is 0.408 e. The van der Waals surface area contributed by atoms with Gasteiger partial charge in [0.15, 0.2) is 9.84 Å². The van der Waals surface area contributed by atoms with Crippen LogP contribution in [0.1, 0.15) is 152 Å². The van der Waals surface area contributed by atoms with E-state index in [9.17, 15) is 37.2 Å². The van der Waals surface area contributed by atoms with Gasteiger partial charge < -0.3 is 30.9 Å². The summed E-state index contributed by atoms with van der Waals surface area (Å²) in [5.41, 5.74) is -2.77. The number of carbonyl (C=O) groups is 6. The molecule has 1 heterocycles. The number of carbonyl (C=O) groups excluding carboxylic acids is 6. The lowest BCUT2D eigenvalue weighted by molar-refractivity contribution is -0.146. The number of nitrogens with zero attached hydrogens (tertiary/aromatic N) is 1. The van der Waals surface area contributed by atoms with E-state index in [4.69, 9.17) is 4.74 Å². The maximum atomic E-state index is 14.9. The zero-order chi connectivity index (χ0) is 44.8. The van der Waals surface area contributed by atoms with Crippen molar-refractivity contribution in [3.8, 4) is 0 Å². The van der Waals surface area contributed by atoms with E-state index in [1.54, 1.807) is 20.8 Å². The van der Waals surface area contributed by atoms with E-state index in [-0.39, 0.29) is 36.6 Å². The molecule has 0 spiro atoms. The van der Waals surface area contributed by atoms with Gasteiger partial charge in [0, 0.05) is 13.1 Å². The fourth-order valence-corrected chi connectivity index (χ4v) is 10.8. The number of alkyl carbamates (subject to hydrolysis) is 1. The van der Waals surface area contributed by atoms with E-state index in [0.29, 0.717) is 51.4 Å². The van der Waals surface area contributed by atoms with Crippen LogP contribution in [0.5, 0.6) is 0 Å². The molecule has 4 fully saturated rings. The van der Waals surface area contributed by atoms with Gasteiger partial charge in [0.1, 0.15) is 23.7 Å². The molecule has 1 saturated heterocycles. The minimum Gasteiger partial charge on any atom is -0.442 e. The van der Waals surface area contributed by atoms with E-state index >= 15 is 0 Å². The summed E-state index contributed by atoms with van der Waals surface area (Å²) in [7, 11) is -3.66. The van der Waals surface area contributed by atoms with Gasteiger partial charge in [-0.25, -0.2) is 13.2 Å². The molecule has 14 nitrogen and oxygen atoms in total. The van der Waals surface area contributed by atoms with Gasteiger partial charge in [-0.3, -0.25) is 24.0 Å². The number of Topliss-reactive ketones (excluding diaryl/α,β-unsaturated/α-hetero) is 1. The number of hydrogen-bond donors (Lipinski definition) is 4. The molecule has 3 saturated carbocycles. The first kappa shape index (κ1) is 49.2. The third-order valence-electron chi connectivity index (χ3n) is 13.5. The average Bonchev–Trinajstić information content (AvgIpc) is 3.86. The molecule has 60 heavy (non-hydrogen) atoms. The first-order valence-electron chi connectivity index (χ1n) is 22.4. The van der Waals surface area contributed by atoms with Crippen molar-refractivity contribution in [1.82, 2.24) is 26.2 Å². The van der Waals surface area contributed by atoms with Crippen molar-refractivity contribution < 1.29 is 41.9 Å². The Morgan fingerprint density at radius 3 is 1.95 bits per heavy atom. The van der Waals surface area contributed by atoms with E-state index in [1.165, 1.54) is 11.0 Å². The fourth-order valence-electron chi connectivity index (χ4n) is 9.31. The van der Waals surface area contributed by atoms with Crippen molar-refractivity contribution >= 4 is 45.3 Å². The fraction of sp³-hybridized carbons (Fsp3) is 0.822. The highest BCUT2D eigenvalue weighted by Crippen LogP contribution is 2.41. The Hall–Kier alpha value is -3.49. The van der Waals surface area contributed by atoms with Crippen molar-refractivity contribution in [2.45, 2.75) is 187 Å². The van der Waals surface area contributed by atoms with Gasteiger partial charge in [0.25, 0.3) is 5.91 Å². The lowest BCUT2D eigenvalue weighted by Gasteiger charge is -2.43. The zero-order valence-corrected chi connectivity index (χ0v) is 38.7. The lowest BCUT2D eigenvalue weighted by Crippen LogP contribution is -2.64. The summed E-state index contributed by atoms with van der Waals surface area (Å²) in [6.45, 7) is 20.2. The summed E-state index contributed by atoms with van der Waals surface area (Å²) in [5, 5.41) is 11.3. The van der Waals surface area contributed by atoms with Crippen LogP contribution < -0.4 is 21.3 Å². The van der Waals surface area contributed by atoms with Crippen molar-refractivity contribution in [2.75, 3.05) is 18.8 Å². The molecule has 3 aliphatic carbocycles. The first-order chi connectivity index (χ1) is 27.8. The van der Waals surface area contributed by atoms with Crippen LogP contribution >= 0.6 is 0 Å². The minimum absolute atomic E-state index is 0.00797. The highest BCUT2D eigenvalue weighted by molar-refractivity contribution is 7.92. The highest BCUT2D eigenvalue weighted by Gasteiger charge is 2.51. The summed E-state index contributed by atoms with van der Waals surface area (Å²) in [6, 6.07) is -4.23. The Kier molecular flexibility index (Phi) is 16.1. The molecule has 5 atom stereocenters. The second-order valence-electron chi connectivity index (χ2n) is 20.9. The second-order valence-corrected chi connectivity index (χ2v) is 23.6. The van der Waals surface area contributed by atoms with Crippen molar-refractivity contribution in [1.29, 1.82) is 0 Å². The third-order valence-corrected chi connectivity index (χ3v) is 16.2. The zero-order valence-electron chi connectivity index (χ0n) is 37.9. The average molecular weight is 862 g/mol. The molecule has 0 radical (unpaired) electrons. The van der Waals surface area contributed by atoms with E-state index in [1.807, 2.05) is 41.5 Å². The van der Waals surface area contributed by atoms with Crippen LogP contribution in [0.25, 0.3) is 0 Å². The van der Waals surface area contributed by atoms with Gasteiger partial charge in [0.05, 0.1) is 16.5 Å². The lowest BCUT2D eigenvalue weighted by atomic mass is 9.70. The molecule has 1 unspecified atom stereocenters. The van der Waals surface area contributed by atoms with Crippen LogP contribution in [0.3, 0.4) is 0 Å². The molecule has 4 N–H and O–H groups in total. The predicted octanol–water partition coefficient (Wildman–Crippen LogP) is 5.53. The van der Waals surface area contributed by atoms with Gasteiger partial charge in [0.2, 0.25) is 23.5 Å². The van der Waals surface area contributed by atoms with Crippen LogP contribution in [-0.4, -0.2) is 102 Å². The number of likely N-dealkylation sites (tertiary alicyclic amines) is 1. The summed E-state index contributed by atoms with van der Waals surface area (Å²) in [5.74, 6) is -3.46. The van der Waals surface area contributed by atoms with Crippen LogP contribution in [0.15, 0.2) is 12.7 Å². The molecule has 5 amide bonds. The van der Waals surface area contributed by atoms with E-state index in [0.717, 1.165) is 38.5 Å². The molecule has 1 aliphatic heterocycles. The molecule has 15 heteroatoms. The van der Waals surface area contributed by atoms with Crippen LogP contribution in [0.2, 0.25) is 0 Å². The Morgan fingerprint density at radius 2 is 1.43 bits per heavy atom. The number of nitrogens with one attached hydrogen (secondary N) is 4. The topological polar surface area (TPSA) is 197 Å². The normalized spacial score (nSPS) is 23.4. The van der Waals surface area contributed by atoms with Gasteiger partial charge in [-0.2, -0.15) is 0 Å². The molecular formula is C45H75N5O9S. The second kappa shape index (κ2) is 19.7. The number of ketones is 1. The largest absolute Gasteiger partial charge is 0.442 e. The molecular weight excluding hydrogens is 787 g/mol. The number of amides is 5. The molecule has 4 rings (SSSR count). The number of ether oxygens (including phenoxy) is 1. The van der Waals surface area contributed by atoms with Crippen LogP contribution in [0.4, 0.5) is 4.79 Å². The molecule has 0 aromatic heterocycles. The van der Waals surface area contributed by atoms with Crippen molar-refractivity contribution in [2.24, 2.45) is 28.6 Å². The van der Waals surface area contributed by atoms with Crippen molar-refractivity contribution in [3.63, 3.8) is 0 Å². The number of sulfone groups is 1. The monoisotopic (exact) mass is 862 g/mol. The predicted molar refractivity (Wildman–Crippen MR) is 231 cm³/mol. The van der Waals surface area contributed by atoms with Gasteiger partial charge in [-0.1, -0.05) is 86.1 Å². The van der Waals surface area contributed by atoms with Gasteiger partial charge >= 0.3 is 6.09 Å². The Bertz CT molecular complexity index is 1700. The maximum absolute atomic E-state index is 14.9. The quantitative estimate of drug-likeness (QED) is 0.107. The third kappa shape index (κ3) is 12.3. The summed E-state index contributed by atoms with van der Waals surface area (Å²) >= 11 is 0. The van der Waals surface area contributed by atoms with Crippen LogP contribution in [0, 0.1) is 28.6 Å². The summed E-state index contributed by atoms with van der Waals surface area (Å²) in [6.07, 6.45) is 10.3. The number of rotatable bonds is 17. The minimum atomic E-state index is -3.66. The molecule has 340 valence electrons. The Balaban J connectivity index is 1.61. The maximum Gasteiger partial charge on any atom is 0.408 e. The highest BCUT2D eigenvalue weighted by atomic mass is 32.2. The summed E-state index contributed by atoms with van der Waals surface area (Å²) < 4.78 is 32.0. The standard InChI is InChI=1S/C45H75N5O9S/c1-11-25-46-38(53)34(51)32(27-30-18-19-30)47-37(52)33-31(29(2)3)20-26-50(33)40(55)36(42(4,5)6)48-39(54)35(44(10)21-14-12-15-22-44)49-41(56)59-45(23-16-13-17-24-45)28-60(57,58)43(7,8)9/h11,29-33,35-36H,1,12-28H2,2-10H3,(H,46,53)(H,47,52)(H,48,54)(H,49,56)/t31-,32?,33+,35-,36-/m1/s1. The molecule has 4 aliphatic rings. The number of hydrogen-bond acceptors (Lipinski definition) is 9. The summed E-state index contributed by atoms with van der Waals surface area (Å²) in [4.78, 5) is 85.6. The van der Waals surface area contributed by atoms with E-state index in [2.05, 4.69) is 27.8 Å². The Labute approximate surface area is 359 Å².